The standard InChI is InChI=1S/C16H28O4/c1-6-8-12(2)9-7-10-16(4,15(18)19)11-13(3)14(17)20-5/h13H,2,6-11H2,1,3-5H3,(H,18,19). The lowest BCUT2D eigenvalue weighted by Gasteiger charge is -2.27. The smallest absolute Gasteiger partial charge is 0.309 e. The number of aliphatic carboxylic acids is 1. The lowest BCUT2D eigenvalue weighted by Crippen LogP contribution is -2.32. The molecule has 0 aliphatic heterocycles. The second-order valence-corrected chi connectivity index (χ2v) is 5.85. The van der Waals surface area contributed by atoms with E-state index in [1.54, 1.807) is 13.8 Å². The fourth-order valence-electron chi connectivity index (χ4n) is 2.46. The van der Waals surface area contributed by atoms with Gasteiger partial charge in [0.1, 0.15) is 0 Å². The molecule has 0 amide bonds. The molecule has 0 radical (unpaired) electrons. The van der Waals surface area contributed by atoms with Crippen LogP contribution in [0.2, 0.25) is 0 Å². The van der Waals surface area contributed by atoms with Crippen LogP contribution in [0.4, 0.5) is 0 Å². The maximum absolute atomic E-state index is 11.5. The van der Waals surface area contributed by atoms with Crippen LogP contribution in [0.5, 0.6) is 0 Å². The van der Waals surface area contributed by atoms with E-state index in [1.165, 1.54) is 12.7 Å². The largest absolute Gasteiger partial charge is 0.481 e. The molecule has 0 aliphatic carbocycles. The zero-order chi connectivity index (χ0) is 15.8. The van der Waals surface area contributed by atoms with Gasteiger partial charge >= 0.3 is 11.9 Å². The van der Waals surface area contributed by atoms with Gasteiger partial charge in [0.05, 0.1) is 18.4 Å². The summed E-state index contributed by atoms with van der Waals surface area (Å²) in [5.74, 6) is -1.61. The minimum Gasteiger partial charge on any atom is -0.481 e. The minimum absolute atomic E-state index is 0.301. The first-order valence-corrected chi connectivity index (χ1v) is 7.24. The summed E-state index contributed by atoms with van der Waals surface area (Å²) in [4.78, 5) is 22.9. The van der Waals surface area contributed by atoms with Crippen LogP contribution in [0.1, 0.15) is 59.3 Å². The number of ether oxygens (including phenoxy) is 1. The molecule has 4 nitrogen and oxygen atoms in total. The molecule has 4 heteroatoms. The maximum atomic E-state index is 11.5. The Balaban J connectivity index is 4.50. The third-order valence-electron chi connectivity index (χ3n) is 3.74. The predicted octanol–water partition coefficient (Wildman–Crippen LogP) is 3.80. The van der Waals surface area contributed by atoms with Crippen LogP contribution in [0.15, 0.2) is 12.2 Å². The summed E-state index contributed by atoms with van der Waals surface area (Å²) in [6.45, 7) is 9.51. The van der Waals surface area contributed by atoms with E-state index >= 15 is 0 Å². The fourth-order valence-corrected chi connectivity index (χ4v) is 2.46. The number of carboxylic acids is 1. The van der Waals surface area contributed by atoms with Gasteiger partial charge in [0.15, 0.2) is 0 Å². The maximum Gasteiger partial charge on any atom is 0.309 e. The highest BCUT2D eigenvalue weighted by Crippen LogP contribution is 2.33. The number of methoxy groups -OCH3 is 1. The Labute approximate surface area is 122 Å². The van der Waals surface area contributed by atoms with Crippen molar-refractivity contribution >= 4 is 11.9 Å². The van der Waals surface area contributed by atoms with E-state index in [2.05, 4.69) is 18.2 Å². The number of hydrogen-bond donors (Lipinski definition) is 1. The monoisotopic (exact) mass is 284 g/mol. The molecule has 0 fully saturated rings. The van der Waals surface area contributed by atoms with E-state index in [0.717, 1.165) is 25.7 Å². The van der Waals surface area contributed by atoms with E-state index in [-0.39, 0.29) is 5.97 Å². The minimum atomic E-state index is -0.889. The summed E-state index contributed by atoms with van der Waals surface area (Å²) in [6, 6.07) is 0. The fraction of sp³-hybridized carbons (Fsp3) is 0.750. The summed E-state index contributed by atoms with van der Waals surface area (Å²) in [7, 11) is 1.33. The molecule has 0 bridgehead atoms. The lowest BCUT2D eigenvalue weighted by molar-refractivity contribution is -0.152. The van der Waals surface area contributed by atoms with Crippen LogP contribution >= 0.6 is 0 Å². The van der Waals surface area contributed by atoms with Gasteiger partial charge in [0.2, 0.25) is 0 Å². The SMILES string of the molecule is C=C(CCC)CCCC(C)(CC(C)C(=O)OC)C(=O)O. The van der Waals surface area contributed by atoms with Gasteiger partial charge in [0.25, 0.3) is 0 Å². The van der Waals surface area contributed by atoms with Crippen molar-refractivity contribution in [1.82, 2.24) is 0 Å². The highest BCUT2D eigenvalue weighted by molar-refractivity contribution is 5.77. The van der Waals surface area contributed by atoms with Crippen molar-refractivity contribution in [3.8, 4) is 0 Å². The van der Waals surface area contributed by atoms with Crippen molar-refractivity contribution in [1.29, 1.82) is 0 Å². The number of carboxylic acid groups (broad SMARTS) is 1. The topological polar surface area (TPSA) is 63.6 Å². The van der Waals surface area contributed by atoms with Gasteiger partial charge in [-0.05, 0) is 39.0 Å². The van der Waals surface area contributed by atoms with Crippen LogP contribution in [-0.2, 0) is 14.3 Å². The van der Waals surface area contributed by atoms with E-state index in [9.17, 15) is 14.7 Å². The molecule has 116 valence electrons. The Bertz CT molecular complexity index is 348. The van der Waals surface area contributed by atoms with E-state index in [4.69, 9.17) is 0 Å². The number of carbonyl (C=O) groups excluding carboxylic acids is 1. The molecule has 2 atom stereocenters. The average Bonchev–Trinajstić information content (AvgIpc) is 2.37. The summed E-state index contributed by atoms with van der Waals surface area (Å²) in [5, 5.41) is 9.43. The quantitative estimate of drug-likeness (QED) is 0.489. The van der Waals surface area contributed by atoms with Gasteiger partial charge in [-0.15, -0.1) is 0 Å². The third kappa shape index (κ3) is 6.22. The molecule has 0 saturated heterocycles. The molecule has 0 aromatic heterocycles. The summed E-state index contributed by atoms with van der Waals surface area (Å²) < 4.78 is 4.67. The van der Waals surface area contributed by atoms with Gasteiger partial charge in [-0.25, -0.2) is 0 Å². The third-order valence-corrected chi connectivity index (χ3v) is 3.74. The number of hydrogen-bond acceptors (Lipinski definition) is 3. The van der Waals surface area contributed by atoms with Gasteiger partial charge in [-0.2, -0.15) is 0 Å². The molecule has 1 N–H and O–H groups in total. The molecule has 0 spiro atoms. The zero-order valence-corrected chi connectivity index (χ0v) is 13.2. The Kier molecular flexibility index (Phi) is 8.19. The molecular weight excluding hydrogens is 256 g/mol. The lowest BCUT2D eigenvalue weighted by atomic mass is 9.77. The van der Waals surface area contributed by atoms with E-state index < -0.39 is 17.3 Å². The number of carbonyl (C=O) groups is 2. The molecule has 0 aliphatic rings. The van der Waals surface area contributed by atoms with Crippen molar-refractivity contribution in [2.75, 3.05) is 7.11 Å². The van der Waals surface area contributed by atoms with E-state index in [0.29, 0.717) is 12.8 Å². The first kappa shape index (κ1) is 18.7. The van der Waals surface area contributed by atoms with Crippen molar-refractivity contribution in [3.05, 3.63) is 12.2 Å². The Hall–Kier alpha value is -1.32. The molecule has 20 heavy (non-hydrogen) atoms. The number of allylic oxidation sites excluding steroid dienone is 1. The van der Waals surface area contributed by atoms with Gasteiger partial charge in [0, 0.05) is 0 Å². The Morgan fingerprint density at radius 1 is 1.35 bits per heavy atom. The second-order valence-electron chi connectivity index (χ2n) is 5.85. The molecule has 0 saturated carbocycles. The molecule has 0 heterocycles. The highest BCUT2D eigenvalue weighted by Gasteiger charge is 2.36. The van der Waals surface area contributed by atoms with Crippen LogP contribution in [0, 0.1) is 11.3 Å². The van der Waals surface area contributed by atoms with Crippen LogP contribution in [-0.4, -0.2) is 24.2 Å². The zero-order valence-electron chi connectivity index (χ0n) is 13.2. The first-order chi connectivity index (χ1) is 9.26. The predicted molar refractivity (Wildman–Crippen MR) is 79.4 cm³/mol. The van der Waals surface area contributed by atoms with E-state index in [1.807, 2.05) is 0 Å². The van der Waals surface area contributed by atoms with Crippen LogP contribution in [0.25, 0.3) is 0 Å². The highest BCUT2D eigenvalue weighted by atomic mass is 16.5. The average molecular weight is 284 g/mol. The van der Waals surface area contributed by atoms with Crippen LogP contribution in [0.3, 0.4) is 0 Å². The normalized spacial score (nSPS) is 15.2. The Morgan fingerprint density at radius 3 is 2.40 bits per heavy atom. The number of rotatable bonds is 10. The van der Waals surface area contributed by atoms with Gasteiger partial charge < -0.3 is 9.84 Å². The van der Waals surface area contributed by atoms with Crippen molar-refractivity contribution in [2.24, 2.45) is 11.3 Å². The van der Waals surface area contributed by atoms with Crippen molar-refractivity contribution < 1.29 is 19.4 Å². The van der Waals surface area contributed by atoms with Gasteiger partial charge in [-0.1, -0.05) is 32.4 Å². The van der Waals surface area contributed by atoms with Crippen LogP contribution < -0.4 is 0 Å². The molecule has 2 unspecified atom stereocenters. The Morgan fingerprint density at radius 2 is 1.95 bits per heavy atom. The number of esters is 1. The second kappa shape index (κ2) is 8.77. The summed E-state index contributed by atoms with van der Waals surface area (Å²) in [6.07, 6.45) is 4.54. The molecular formula is C16H28O4. The van der Waals surface area contributed by atoms with Gasteiger partial charge in [-0.3, -0.25) is 9.59 Å². The molecule has 0 rings (SSSR count). The molecule has 0 aromatic carbocycles. The van der Waals surface area contributed by atoms with Crippen molar-refractivity contribution in [3.63, 3.8) is 0 Å². The molecule has 0 aromatic rings. The summed E-state index contributed by atoms with van der Waals surface area (Å²) >= 11 is 0. The summed E-state index contributed by atoms with van der Waals surface area (Å²) in [5.41, 5.74) is 0.279. The first-order valence-electron chi connectivity index (χ1n) is 7.24. The van der Waals surface area contributed by atoms with Crippen molar-refractivity contribution in [2.45, 2.75) is 59.3 Å².